The van der Waals surface area contributed by atoms with E-state index in [4.69, 9.17) is 0 Å². The standard InChI is InChI=1S/C14H19F2NO3/c1-4-17(14(2,3)12(18)19)9-10-5-7-11(8-6-10)20-13(15)16/h5-8,13H,4,9H2,1-3H3,(H,18,19). The van der Waals surface area contributed by atoms with Crippen LogP contribution in [0.15, 0.2) is 24.3 Å². The van der Waals surface area contributed by atoms with Crippen molar-refractivity contribution in [1.29, 1.82) is 0 Å². The molecule has 1 N–H and O–H groups in total. The Bertz CT molecular complexity index is 446. The van der Waals surface area contributed by atoms with Gasteiger partial charge in [-0.25, -0.2) is 0 Å². The molecular weight excluding hydrogens is 268 g/mol. The lowest BCUT2D eigenvalue weighted by molar-refractivity contribution is -0.149. The van der Waals surface area contributed by atoms with Gasteiger partial charge in [-0.1, -0.05) is 19.1 Å². The largest absolute Gasteiger partial charge is 0.480 e. The van der Waals surface area contributed by atoms with Crippen LogP contribution in [0.25, 0.3) is 0 Å². The predicted molar refractivity (Wildman–Crippen MR) is 70.9 cm³/mol. The van der Waals surface area contributed by atoms with Crippen molar-refractivity contribution in [3.05, 3.63) is 29.8 Å². The van der Waals surface area contributed by atoms with E-state index >= 15 is 0 Å². The summed E-state index contributed by atoms with van der Waals surface area (Å²) in [7, 11) is 0. The van der Waals surface area contributed by atoms with Gasteiger partial charge in [0, 0.05) is 6.54 Å². The fraction of sp³-hybridized carbons (Fsp3) is 0.500. The van der Waals surface area contributed by atoms with Crippen LogP contribution in [0.4, 0.5) is 8.78 Å². The van der Waals surface area contributed by atoms with E-state index in [2.05, 4.69) is 4.74 Å². The van der Waals surface area contributed by atoms with Crippen LogP contribution in [-0.4, -0.2) is 34.7 Å². The Hall–Kier alpha value is -1.69. The van der Waals surface area contributed by atoms with Crippen molar-refractivity contribution in [2.75, 3.05) is 6.54 Å². The summed E-state index contributed by atoms with van der Waals surface area (Å²) >= 11 is 0. The van der Waals surface area contributed by atoms with Crippen molar-refractivity contribution in [2.24, 2.45) is 0 Å². The maximum atomic E-state index is 12.0. The average Bonchev–Trinajstić information content (AvgIpc) is 2.36. The van der Waals surface area contributed by atoms with Gasteiger partial charge in [-0.15, -0.1) is 0 Å². The van der Waals surface area contributed by atoms with Crippen molar-refractivity contribution in [3.63, 3.8) is 0 Å². The Balaban J connectivity index is 2.78. The van der Waals surface area contributed by atoms with E-state index in [-0.39, 0.29) is 5.75 Å². The van der Waals surface area contributed by atoms with Crippen molar-refractivity contribution in [3.8, 4) is 5.75 Å². The molecule has 0 amide bonds. The molecule has 4 nitrogen and oxygen atoms in total. The Kier molecular flexibility index (Phi) is 5.44. The van der Waals surface area contributed by atoms with Crippen LogP contribution in [0.3, 0.4) is 0 Å². The van der Waals surface area contributed by atoms with Gasteiger partial charge in [-0.2, -0.15) is 8.78 Å². The molecule has 0 saturated carbocycles. The number of rotatable bonds is 7. The van der Waals surface area contributed by atoms with Gasteiger partial charge in [0.25, 0.3) is 0 Å². The molecule has 0 heterocycles. The van der Waals surface area contributed by atoms with Gasteiger partial charge >= 0.3 is 12.6 Å². The highest BCUT2D eigenvalue weighted by molar-refractivity contribution is 5.77. The first-order valence-electron chi connectivity index (χ1n) is 6.29. The van der Waals surface area contributed by atoms with Crippen LogP contribution in [0.2, 0.25) is 0 Å². The second kappa shape index (κ2) is 6.65. The number of carboxylic acid groups (broad SMARTS) is 1. The molecule has 0 fully saturated rings. The predicted octanol–water partition coefficient (Wildman–Crippen LogP) is 2.97. The van der Waals surface area contributed by atoms with E-state index in [1.807, 2.05) is 6.92 Å². The number of alkyl halides is 2. The van der Waals surface area contributed by atoms with Crippen LogP contribution in [0, 0.1) is 0 Å². The number of likely N-dealkylation sites (N-methyl/N-ethyl adjacent to an activating group) is 1. The Morgan fingerprint density at radius 3 is 2.30 bits per heavy atom. The molecule has 0 saturated heterocycles. The summed E-state index contributed by atoms with van der Waals surface area (Å²) in [6, 6.07) is 6.20. The topological polar surface area (TPSA) is 49.8 Å². The number of benzene rings is 1. The Morgan fingerprint density at radius 1 is 1.35 bits per heavy atom. The van der Waals surface area contributed by atoms with Crippen molar-refractivity contribution in [2.45, 2.75) is 39.5 Å². The van der Waals surface area contributed by atoms with Crippen LogP contribution >= 0.6 is 0 Å². The summed E-state index contributed by atoms with van der Waals surface area (Å²) in [6.45, 7) is 3.28. The van der Waals surface area contributed by atoms with E-state index in [0.717, 1.165) is 5.56 Å². The Labute approximate surface area is 117 Å². The number of hydrogen-bond acceptors (Lipinski definition) is 3. The first-order chi connectivity index (χ1) is 9.27. The molecule has 0 aromatic heterocycles. The number of nitrogens with zero attached hydrogens (tertiary/aromatic N) is 1. The average molecular weight is 287 g/mol. The molecule has 1 aromatic rings. The van der Waals surface area contributed by atoms with Gasteiger partial charge in [-0.3, -0.25) is 9.69 Å². The van der Waals surface area contributed by atoms with Crippen molar-refractivity contribution < 1.29 is 23.4 Å². The fourth-order valence-electron chi connectivity index (χ4n) is 1.84. The summed E-state index contributed by atoms with van der Waals surface area (Å²) in [4.78, 5) is 13.0. The summed E-state index contributed by atoms with van der Waals surface area (Å²) in [5.41, 5.74) is -0.157. The molecule has 0 atom stereocenters. The normalized spacial score (nSPS) is 11.9. The highest BCUT2D eigenvalue weighted by atomic mass is 19.3. The number of aliphatic carboxylic acids is 1. The highest BCUT2D eigenvalue weighted by Gasteiger charge is 2.33. The molecular formula is C14H19F2NO3. The third kappa shape index (κ3) is 4.16. The van der Waals surface area contributed by atoms with Crippen molar-refractivity contribution >= 4 is 5.97 Å². The molecule has 0 aliphatic rings. The van der Waals surface area contributed by atoms with E-state index in [1.54, 1.807) is 30.9 Å². The minimum Gasteiger partial charge on any atom is -0.480 e. The number of carboxylic acids is 1. The monoisotopic (exact) mass is 287 g/mol. The molecule has 0 spiro atoms. The lowest BCUT2D eigenvalue weighted by Gasteiger charge is -2.34. The molecule has 0 aliphatic heterocycles. The molecule has 112 valence electrons. The lowest BCUT2D eigenvalue weighted by Crippen LogP contribution is -2.49. The molecule has 6 heteroatoms. The van der Waals surface area contributed by atoms with Crippen LogP contribution in [-0.2, 0) is 11.3 Å². The van der Waals surface area contributed by atoms with Gasteiger partial charge in [0.1, 0.15) is 11.3 Å². The van der Waals surface area contributed by atoms with Gasteiger partial charge in [0.2, 0.25) is 0 Å². The second-order valence-corrected chi connectivity index (χ2v) is 4.90. The van der Waals surface area contributed by atoms with Crippen LogP contribution < -0.4 is 4.74 Å². The SMILES string of the molecule is CCN(Cc1ccc(OC(F)F)cc1)C(C)(C)C(=O)O. The zero-order valence-electron chi connectivity index (χ0n) is 11.8. The van der Waals surface area contributed by atoms with E-state index in [9.17, 15) is 18.7 Å². The third-order valence-corrected chi connectivity index (χ3v) is 3.22. The summed E-state index contributed by atoms with van der Waals surface area (Å²) in [5.74, 6) is -0.818. The number of halogens is 2. The first kappa shape index (κ1) is 16.4. The third-order valence-electron chi connectivity index (χ3n) is 3.22. The number of carbonyl (C=O) groups is 1. The summed E-state index contributed by atoms with van der Waals surface area (Å²) in [6.07, 6.45) is 0. The van der Waals surface area contributed by atoms with Crippen LogP contribution in [0.5, 0.6) is 5.75 Å². The Morgan fingerprint density at radius 2 is 1.90 bits per heavy atom. The first-order valence-corrected chi connectivity index (χ1v) is 6.29. The van der Waals surface area contributed by atoms with E-state index < -0.39 is 18.1 Å². The zero-order valence-corrected chi connectivity index (χ0v) is 11.8. The molecule has 1 rings (SSSR count). The fourth-order valence-corrected chi connectivity index (χ4v) is 1.84. The summed E-state index contributed by atoms with van der Waals surface area (Å²) in [5, 5.41) is 9.22. The molecule has 0 aliphatic carbocycles. The smallest absolute Gasteiger partial charge is 0.387 e. The lowest BCUT2D eigenvalue weighted by atomic mass is 10.0. The highest BCUT2D eigenvalue weighted by Crippen LogP contribution is 2.20. The van der Waals surface area contributed by atoms with Crippen molar-refractivity contribution in [1.82, 2.24) is 4.90 Å². The maximum absolute atomic E-state index is 12.0. The minimum absolute atomic E-state index is 0.0873. The number of hydrogen-bond donors (Lipinski definition) is 1. The summed E-state index contributed by atoms with van der Waals surface area (Å²) < 4.78 is 28.3. The van der Waals surface area contributed by atoms with Gasteiger partial charge in [0.05, 0.1) is 0 Å². The molecule has 1 aromatic carbocycles. The second-order valence-electron chi connectivity index (χ2n) is 4.90. The zero-order chi connectivity index (χ0) is 15.3. The minimum atomic E-state index is -2.85. The molecule has 20 heavy (non-hydrogen) atoms. The van der Waals surface area contributed by atoms with Crippen LogP contribution in [0.1, 0.15) is 26.3 Å². The molecule has 0 unspecified atom stereocenters. The van der Waals surface area contributed by atoms with E-state index in [1.165, 1.54) is 12.1 Å². The number of ether oxygens (including phenoxy) is 1. The maximum Gasteiger partial charge on any atom is 0.387 e. The molecule has 0 radical (unpaired) electrons. The quantitative estimate of drug-likeness (QED) is 0.837. The van der Waals surface area contributed by atoms with Gasteiger partial charge in [0.15, 0.2) is 0 Å². The van der Waals surface area contributed by atoms with Gasteiger partial charge in [-0.05, 0) is 38.1 Å². The van der Waals surface area contributed by atoms with Gasteiger partial charge < -0.3 is 9.84 Å². The molecule has 0 bridgehead atoms. The van der Waals surface area contributed by atoms with E-state index in [0.29, 0.717) is 13.1 Å².